The van der Waals surface area contributed by atoms with Crippen molar-refractivity contribution in [3.8, 4) is 0 Å². The number of benzene rings is 3. The largest absolute Gasteiger partial charge is 0.369 e. The van der Waals surface area contributed by atoms with Gasteiger partial charge in [0.2, 0.25) is 0 Å². The van der Waals surface area contributed by atoms with Gasteiger partial charge in [0.1, 0.15) is 0 Å². The second-order valence-corrected chi connectivity index (χ2v) is 10.9. The third kappa shape index (κ3) is 5.84. The van der Waals surface area contributed by atoms with E-state index in [-0.39, 0.29) is 5.91 Å². The Hall–Kier alpha value is -2.64. The van der Waals surface area contributed by atoms with Crippen molar-refractivity contribution in [2.75, 3.05) is 49.5 Å². The summed E-state index contributed by atoms with van der Waals surface area (Å²) in [6, 6.07) is 19.6. The lowest BCUT2D eigenvalue weighted by Gasteiger charge is -2.36. The molecule has 1 fully saturated rings. The van der Waals surface area contributed by atoms with Gasteiger partial charge in [-0.15, -0.1) is 0 Å². The molecule has 5 rings (SSSR count). The first-order valence-corrected chi connectivity index (χ1v) is 13.6. The third-order valence-electron chi connectivity index (χ3n) is 6.50. The van der Waals surface area contributed by atoms with Gasteiger partial charge in [0.25, 0.3) is 5.91 Å². The van der Waals surface area contributed by atoms with Crippen molar-refractivity contribution >= 4 is 57.9 Å². The highest BCUT2D eigenvalue weighted by atomic mass is 35.5. The molecule has 3 aromatic rings. The van der Waals surface area contributed by atoms with E-state index in [0.29, 0.717) is 17.1 Å². The summed E-state index contributed by atoms with van der Waals surface area (Å²) in [7, 11) is 0. The van der Waals surface area contributed by atoms with Crippen LogP contribution in [0.25, 0.3) is 5.70 Å². The summed E-state index contributed by atoms with van der Waals surface area (Å²) in [4.78, 5) is 19.8. The first-order chi connectivity index (χ1) is 17.5. The summed E-state index contributed by atoms with van der Waals surface area (Å²) >= 11 is 14.0. The number of piperazine rings is 1. The number of rotatable bonds is 6. The Balaban J connectivity index is 1.10. The minimum atomic E-state index is -0.0641. The Bertz CT molecular complexity index is 1290. The minimum absolute atomic E-state index is 0.0641. The van der Waals surface area contributed by atoms with E-state index in [2.05, 4.69) is 33.1 Å². The van der Waals surface area contributed by atoms with Crippen molar-refractivity contribution in [3.63, 3.8) is 0 Å². The fourth-order valence-electron chi connectivity index (χ4n) is 4.54. The topological polar surface area (TPSA) is 47.6 Å². The highest BCUT2D eigenvalue weighted by molar-refractivity contribution is 7.99. The highest BCUT2D eigenvalue weighted by Gasteiger charge is 2.19. The number of anilines is 2. The molecule has 0 radical (unpaired) electrons. The summed E-state index contributed by atoms with van der Waals surface area (Å²) in [6.45, 7) is 9.74. The molecule has 2 heterocycles. The third-order valence-corrected chi connectivity index (χ3v) is 8.12. The Kier molecular flexibility index (Phi) is 7.77. The van der Waals surface area contributed by atoms with Crippen LogP contribution in [0.15, 0.2) is 77.0 Å². The molecule has 186 valence electrons. The summed E-state index contributed by atoms with van der Waals surface area (Å²) in [5.74, 6) is -0.0641. The molecule has 0 atom stereocenters. The highest BCUT2D eigenvalue weighted by Crippen LogP contribution is 2.42. The van der Waals surface area contributed by atoms with Gasteiger partial charge >= 0.3 is 0 Å². The van der Waals surface area contributed by atoms with E-state index < -0.39 is 0 Å². The number of amides is 1. The van der Waals surface area contributed by atoms with Crippen LogP contribution >= 0.6 is 35.0 Å². The molecule has 0 aromatic heterocycles. The lowest BCUT2D eigenvalue weighted by Crippen LogP contribution is -2.47. The molecule has 0 spiro atoms. The average molecular weight is 540 g/mol. The molecule has 2 aliphatic rings. The van der Waals surface area contributed by atoms with Crippen LogP contribution in [0.1, 0.15) is 22.3 Å². The van der Waals surface area contributed by atoms with E-state index in [4.69, 9.17) is 23.2 Å². The Labute approximate surface area is 226 Å². The summed E-state index contributed by atoms with van der Waals surface area (Å²) in [6.07, 6.45) is 0.912. The molecule has 0 bridgehead atoms. The number of hydrogen-bond donors (Lipinski definition) is 2. The molecule has 2 aliphatic heterocycles. The van der Waals surface area contributed by atoms with Crippen molar-refractivity contribution in [2.45, 2.75) is 16.2 Å². The van der Waals surface area contributed by atoms with Gasteiger partial charge in [-0.1, -0.05) is 47.6 Å². The summed E-state index contributed by atoms with van der Waals surface area (Å²) in [5, 5.41) is 7.88. The van der Waals surface area contributed by atoms with Gasteiger partial charge in [-0.2, -0.15) is 0 Å². The first-order valence-electron chi connectivity index (χ1n) is 12.0. The number of fused-ring (bicyclic) bond motifs is 2. The SMILES string of the molecule is C=C1Nc2cc(C(=O)NCCCN3CCN(c4cccc(Cl)c4)CC3)ccc2Sc2ccc(Cl)cc21. The van der Waals surface area contributed by atoms with E-state index in [1.165, 1.54) is 5.69 Å². The smallest absolute Gasteiger partial charge is 0.251 e. The fourth-order valence-corrected chi connectivity index (χ4v) is 5.92. The molecular formula is C28H28Cl2N4OS. The fraction of sp³-hybridized carbons (Fsp3) is 0.250. The van der Waals surface area contributed by atoms with Crippen LogP contribution in [0, 0.1) is 0 Å². The van der Waals surface area contributed by atoms with E-state index in [9.17, 15) is 4.79 Å². The number of carbonyl (C=O) groups is 1. The monoisotopic (exact) mass is 538 g/mol. The summed E-state index contributed by atoms with van der Waals surface area (Å²) < 4.78 is 0. The number of carbonyl (C=O) groups excluding carboxylic acids is 1. The van der Waals surface area contributed by atoms with Gasteiger partial charge < -0.3 is 15.5 Å². The van der Waals surface area contributed by atoms with Gasteiger partial charge in [-0.3, -0.25) is 9.69 Å². The van der Waals surface area contributed by atoms with Crippen LogP contribution in [0.4, 0.5) is 11.4 Å². The lowest BCUT2D eigenvalue weighted by molar-refractivity contribution is 0.0951. The first kappa shape index (κ1) is 25.0. The maximum atomic E-state index is 12.8. The molecule has 36 heavy (non-hydrogen) atoms. The lowest BCUT2D eigenvalue weighted by atomic mass is 10.1. The van der Waals surface area contributed by atoms with E-state index >= 15 is 0 Å². The second-order valence-electron chi connectivity index (χ2n) is 8.98. The molecule has 1 amide bonds. The van der Waals surface area contributed by atoms with Crippen LogP contribution in [0.2, 0.25) is 10.0 Å². The molecule has 3 aromatic carbocycles. The molecule has 5 nitrogen and oxygen atoms in total. The van der Waals surface area contributed by atoms with Crippen molar-refractivity contribution in [1.82, 2.24) is 10.2 Å². The maximum Gasteiger partial charge on any atom is 0.251 e. The van der Waals surface area contributed by atoms with Crippen molar-refractivity contribution in [1.29, 1.82) is 0 Å². The van der Waals surface area contributed by atoms with Crippen LogP contribution in [0.3, 0.4) is 0 Å². The number of hydrogen-bond acceptors (Lipinski definition) is 5. The standard InChI is InChI=1S/C28H28Cl2N4OS/c1-19-24-18-22(30)7-9-26(24)36-27-8-6-20(16-25(27)32-19)28(35)31-10-3-11-33-12-14-34(15-13-33)23-5-2-4-21(29)17-23/h2,4-9,16-18,32H,1,3,10-15H2,(H,31,35). The quantitative estimate of drug-likeness (QED) is 0.351. The van der Waals surface area contributed by atoms with Gasteiger partial charge in [0, 0.05) is 75.1 Å². The number of nitrogens with zero attached hydrogens (tertiary/aromatic N) is 2. The van der Waals surface area contributed by atoms with Crippen LogP contribution in [-0.2, 0) is 0 Å². The molecule has 0 saturated carbocycles. The van der Waals surface area contributed by atoms with E-state index in [1.54, 1.807) is 11.8 Å². The van der Waals surface area contributed by atoms with Crippen LogP contribution in [0.5, 0.6) is 0 Å². The van der Waals surface area contributed by atoms with Crippen molar-refractivity contribution in [3.05, 3.63) is 88.4 Å². The molecule has 2 N–H and O–H groups in total. The van der Waals surface area contributed by atoms with Crippen LogP contribution in [-0.4, -0.2) is 50.1 Å². The predicted molar refractivity (Wildman–Crippen MR) is 152 cm³/mol. The Morgan fingerprint density at radius 2 is 1.75 bits per heavy atom. The molecular weight excluding hydrogens is 511 g/mol. The van der Waals surface area contributed by atoms with Gasteiger partial charge in [0.05, 0.1) is 5.69 Å². The number of nitrogens with one attached hydrogen (secondary N) is 2. The van der Waals surface area contributed by atoms with Gasteiger partial charge in [-0.25, -0.2) is 0 Å². The second kappa shape index (κ2) is 11.2. The molecule has 0 unspecified atom stereocenters. The van der Waals surface area contributed by atoms with Crippen molar-refractivity contribution < 1.29 is 4.79 Å². The molecule has 1 saturated heterocycles. The zero-order valence-electron chi connectivity index (χ0n) is 19.9. The zero-order chi connectivity index (χ0) is 25.1. The Morgan fingerprint density at radius 1 is 0.972 bits per heavy atom. The van der Waals surface area contributed by atoms with Crippen LogP contribution < -0.4 is 15.5 Å². The van der Waals surface area contributed by atoms with Gasteiger partial charge in [0.15, 0.2) is 0 Å². The number of halogens is 2. The molecule has 8 heteroatoms. The maximum absolute atomic E-state index is 12.8. The average Bonchev–Trinajstić information content (AvgIpc) is 3.02. The van der Waals surface area contributed by atoms with E-state index in [1.807, 2.05) is 54.6 Å². The Morgan fingerprint density at radius 3 is 2.56 bits per heavy atom. The van der Waals surface area contributed by atoms with Crippen molar-refractivity contribution in [2.24, 2.45) is 0 Å². The predicted octanol–water partition coefficient (Wildman–Crippen LogP) is 6.48. The van der Waals surface area contributed by atoms with Gasteiger partial charge in [-0.05, 0) is 67.6 Å². The normalized spacial score (nSPS) is 15.5. The zero-order valence-corrected chi connectivity index (χ0v) is 22.2. The summed E-state index contributed by atoms with van der Waals surface area (Å²) in [5.41, 5.74) is 4.44. The van der Waals surface area contributed by atoms with E-state index in [0.717, 1.165) is 70.9 Å². The minimum Gasteiger partial charge on any atom is -0.369 e. The molecule has 0 aliphatic carbocycles.